The molecule has 24 heavy (non-hydrogen) atoms. The molecule has 0 N–H and O–H groups in total. The Morgan fingerprint density at radius 2 is 2.38 bits per heavy atom. The molecule has 2 aromatic rings. The van der Waals surface area contributed by atoms with Crippen molar-refractivity contribution in [2.75, 3.05) is 26.3 Å². The number of carbonyl (C=O) groups excluding carboxylic acids is 1. The maximum atomic E-state index is 12.6. The van der Waals surface area contributed by atoms with E-state index in [1.54, 1.807) is 23.2 Å². The van der Waals surface area contributed by atoms with Crippen LogP contribution in [0.15, 0.2) is 41.3 Å². The van der Waals surface area contributed by atoms with Gasteiger partial charge in [-0.05, 0) is 31.0 Å². The van der Waals surface area contributed by atoms with Gasteiger partial charge in [0, 0.05) is 18.9 Å². The highest BCUT2D eigenvalue weighted by Gasteiger charge is 2.44. The first-order valence-corrected chi connectivity index (χ1v) is 8.30. The Labute approximate surface area is 140 Å². The van der Waals surface area contributed by atoms with Crippen LogP contribution < -0.4 is 0 Å². The second-order valence-corrected chi connectivity index (χ2v) is 6.45. The van der Waals surface area contributed by atoms with Gasteiger partial charge in [-0.3, -0.25) is 9.48 Å². The third-order valence-electron chi connectivity index (χ3n) is 4.66. The summed E-state index contributed by atoms with van der Waals surface area (Å²) >= 11 is 0. The number of rotatable bonds is 3. The summed E-state index contributed by atoms with van der Waals surface area (Å²) in [7, 11) is 0. The highest BCUT2D eigenvalue weighted by molar-refractivity contribution is 5.91. The topological polar surface area (TPSA) is 69.7 Å². The predicted octanol–water partition coefficient (Wildman–Crippen LogP) is 1.57. The zero-order valence-corrected chi connectivity index (χ0v) is 13.5. The first-order valence-electron chi connectivity index (χ1n) is 8.30. The number of furan rings is 1. The quantitative estimate of drug-likeness (QED) is 0.854. The summed E-state index contributed by atoms with van der Waals surface area (Å²) in [5.41, 5.74) is -0.434. The van der Waals surface area contributed by atoms with Crippen LogP contribution >= 0.6 is 0 Å². The Kier molecular flexibility index (Phi) is 4.12. The second kappa shape index (κ2) is 6.41. The highest BCUT2D eigenvalue weighted by atomic mass is 16.6. The third kappa shape index (κ3) is 3.09. The molecule has 4 heterocycles. The first kappa shape index (κ1) is 15.4. The standard InChI is InChI=1S/C17H21N3O4/c21-16(15-3-1-9-23-15)19-8-10-22-13-17(12-19)5-4-14(24-17)11-20-7-2-6-18-20/h1-3,6-7,9,14H,4-5,8,10-13H2. The van der Waals surface area contributed by atoms with Crippen LogP contribution in [0.3, 0.4) is 0 Å². The molecule has 7 heteroatoms. The number of hydrogen-bond acceptors (Lipinski definition) is 5. The molecule has 0 aliphatic carbocycles. The SMILES string of the molecule is O=C(c1ccco1)N1CCOCC2(CCC(Cn3cccn3)O2)C1. The van der Waals surface area contributed by atoms with E-state index in [0.29, 0.717) is 32.1 Å². The minimum Gasteiger partial charge on any atom is -0.459 e. The lowest BCUT2D eigenvalue weighted by molar-refractivity contribution is -0.0881. The van der Waals surface area contributed by atoms with Crippen molar-refractivity contribution >= 4 is 5.91 Å². The average Bonchev–Trinajstić information content (AvgIpc) is 3.30. The van der Waals surface area contributed by atoms with E-state index < -0.39 is 5.60 Å². The van der Waals surface area contributed by atoms with Gasteiger partial charge < -0.3 is 18.8 Å². The molecule has 0 bridgehead atoms. The molecule has 2 aliphatic heterocycles. The van der Waals surface area contributed by atoms with E-state index in [1.807, 2.05) is 16.9 Å². The molecule has 4 rings (SSSR count). The summed E-state index contributed by atoms with van der Waals surface area (Å²) in [6.07, 6.45) is 7.12. The summed E-state index contributed by atoms with van der Waals surface area (Å²) in [5, 5.41) is 4.24. The Morgan fingerprint density at radius 1 is 1.42 bits per heavy atom. The largest absolute Gasteiger partial charge is 0.459 e. The van der Waals surface area contributed by atoms with Crippen LogP contribution in [-0.4, -0.2) is 58.6 Å². The molecule has 2 fully saturated rings. The lowest BCUT2D eigenvalue weighted by Crippen LogP contribution is -2.46. The van der Waals surface area contributed by atoms with Crippen molar-refractivity contribution in [1.82, 2.24) is 14.7 Å². The molecular formula is C17H21N3O4. The minimum atomic E-state index is -0.434. The average molecular weight is 331 g/mol. The van der Waals surface area contributed by atoms with Crippen molar-refractivity contribution in [3.63, 3.8) is 0 Å². The predicted molar refractivity (Wildman–Crippen MR) is 84.5 cm³/mol. The summed E-state index contributed by atoms with van der Waals surface area (Å²) in [6.45, 7) is 2.84. The first-order chi connectivity index (χ1) is 11.7. The van der Waals surface area contributed by atoms with Gasteiger partial charge in [0.05, 0.1) is 38.7 Å². The number of ether oxygens (including phenoxy) is 2. The minimum absolute atomic E-state index is 0.0900. The van der Waals surface area contributed by atoms with Crippen LogP contribution in [0.25, 0.3) is 0 Å². The van der Waals surface area contributed by atoms with Crippen LogP contribution in [0.4, 0.5) is 0 Å². The van der Waals surface area contributed by atoms with Gasteiger partial charge in [-0.1, -0.05) is 0 Å². The van der Waals surface area contributed by atoms with Gasteiger partial charge in [0.2, 0.25) is 0 Å². The molecular weight excluding hydrogens is 310 g/mol. The van der Waals surface area contributed by atoms with Gasteiger partial charge in [-0.2, -0.15) is 5.10 Å². The second-order valence-electron chi connectivity index (χ2n) is 6.45. The fraction of sp³-hybridized carbons (Fsp3) is 0.529. The summed E-state index contributed by atoms with van der Waals surface area (Å²) in [4.78, 5) is 14.4. The van der Waals surface area contributed by atoms with E-state index in [2.05, 4.69) is 5.10 Å². The molecule has 2 atom stereocenters. The molecule has 1 amide bonds. The Balaban J connectivity index is 1.45. The smallest absolute Gasteiger partial charge is 0.289 e. The van der Waals surface area contributed by atoms with Crippen molar-refractivity contribution in [3.8, 4) is 0 Å². The number of amides is 1. The number of nitrogens with zero attached hydrogens (tertiary/aromatic N) is 3. The normalized spacial score (nSPS) is 27.5. The molecule has 2 aliphatic rings. The van der Waals surface area contributed by atoms with Gasteiger partial charge in [-0.15, -0.1) is 0 Å². The van der Waals surface area contributed by atoms with Crippen molar-refractivity contribution in [2.24, 2.45) is 0 Å². The lowest BCUT2D eigenvalue weighted by atomic mass is 10.00. The number of aromatic nitrogens is 2. The molecule has 2 aromatic heterocycles. The maximum Gasteiger partial charge on any atom is 0.289 e. The third-order valence-corrected chi connectivity index (χ3v) is 4.66. The molecule has 2 unspecified atom stereocenters. The van der Waals surface area contributed by atoms with Crippen molar-refractivity contribution in [1.29, 1.82) is 0 Å². The molecule has 2 saturated heterocycles. The van der Waals surface area contributed by atoms with Crippen LogP contribution in [0.1, 0.15) is 23.4 Å². The zero-order valence-electron chi connectivity index (χ0n) is 13.5. The van der Waals surface area contributed by atoms with Crippen LogP contribution in [-0.2, 0) is 16.0 Å². The summed E-state index contributed by atoms with van der Waals surface area (Å²) in [5.74, 6) is 0.252. The number of hydrogen-bond donors (Lipinski definition) is 0. The van der Waals surface area contributed by atoms with E-state index in [0.717, 1.165) is 19.4 Å². The summed E-state index contributed by atoms with van der Waals surface area (Å²) in [6, 6.07) is 5.32. The zero-order chi connectivity index (χ0) is 16.4. The Morgan fingerprint density at radius 3 is 3.17 bits per heavy atom. The van der Waals surface area contributed by atoms with Gasteiger partial charge in [0.25, 0.3) is 5.91 Å². The monoisotopic (exact) mass is 331 g/mol. The van der Waals surface area contributed by atoms with Crippen LogP contribution in [0, 0.1) is 0 Å². The highest BCUT2D eigenvalue weighted by Crippen LogP contribution is 2.34. The van der Waals surface area contributed by atoms with Crippen molar-refractivity contribution in [2.45, 2.75) is 31.1 Å². The van der Waals surface area contributed by atoms with E-state index in [9.17, 15) is 4.79 Å². The Hall–Kier alpha value is -2.12. The van der Waals surface area contributed by atoms with E-state index >= 15 is 0 Å². The molecule has 0 radical (unpaired) electrons. The molecule has 1 spiro atoms. The fourth-order valence-corrected chi connectivity index (χ4v) is 3.50. The van der Waals surface area contributed by atoms with E-state index in [-0.39, 0.29) is 12.0 Å². The van der Waals surface area contributed by atoms with Crippen molar-refractivity contribution < 1.29 is 18.7 Å². The van der Waals surface area contributed by atoms with Gasteiger partial charge in [0.15, 0.2) is 5.76 Å². The number of carbonyl (C=O) groups is 1. The van der Waals surface area contributed by atoms with E-state index in [4.69, 9.17) is 13.9 Å². The van der Waals surface area contributed by atoms with Crippen LogP contribution in [0.2, 0.25) is 0 Å². The Bertz CT molecular complexity index is 670. The van der Waals surface area contributed by atoms with Crippen molar-refractivity contribution in [3.05, 3.63) is 42.6 Å². The van der Waals surface area contributed by atoms with E-state index in [1.165, 1.54) is 6.26 Å². The van der Waals surface area contributed by atoms with Gasteiger partial charge in [-0.25, -0.2) is 0 Å². The van der Waals surface area contributed by atoms with Crippen LogP contribution in [0.5, 0.6) is 0 Å². The lowest BCUT2D eigenvalue weighted by Gasteiger charge is -2.31. The summed E-state index contributed by atoms with van der Waals surface area (Å²) < 4.78 is 19.2. The maximum absolute atomic E-state index is 12.6. The molecule has 7 nitrogen and oxygen atoms in total. The molecule has 0 saturated carbocycles. The van der Waals surface area contributed by atoms with Gasteiger partial charge in [0.1, 0.15) is 5.60 Å². The van der Waals surface area contributed by atoms with Gasteiger partial charge >= 0.3 is 0 Å². The fourth-order valence-electron chi connectivity index (χ4n) is 3.50. The molecule has 128 valence electrons. The molecule has 0 aromatic carbocycles.